The molecule has 0 bridgehead atoms. The molecule has 3 aliphatic carbocycles. The lowest BCUT2D eigenvalue weighted by atomic mass is 9.79. The summed E-state index contributed by atoms with van der Waals surface area (Å²) in [5.41, 5.74) is 8.20. The third-order valence-electron chi connectivity index (χ3n) is 17.0. The Morgan fingerprint density at radius 3 is 1.68 bits per heavy atom. The predicted octanol–water partition coefficient (Wildman–Crippen LogP) is 7.61. The van der Waals surface area contributed by atoms with Gasteiger partial charge in [-0.1, -0.05) is 115 Å². The van der Waals surface area contributed by atoms with Crippen molar-refractivity contribution in [3.8, 4) is 33.8 Å². The van der Waals surface area contributed by atoms with Gasteiger partial charge in [-0.2, -0.15) is 16.8 Å². The molecule has 0 radical (unpaired) electrons. The molecule has 2 unspecified atom stereocenters. The van der Waals surface area contributed by atoms with E-state index in [9.17, 15) is 25.9 Å². The van der Waals surface area contributed by atoms with Gasteiger partial charge in [0.05, 0.1) is 63.8 Å². The Kier molecular flexibility index (Phi) is 12.5. The Morgan fingerprint density at radius 2 is 1.06 bits per heavy atom. The van der Waals surface area contributed by atoms with Gasteiger partial charge in [0.2, 0.25) is 0 Å². The molecule has 18 heteroatoms. The van der Waals surface area contributed by atoms with Crippen LogP contribution in [-0.2, 0) is 36.4 Å². The molecule has 0 saturated carbocycles. The lowest BCUT2D eigenvalue weighted by Gasteiger charge is -2.42. The number of fused-ring (bicyclic) bond motifs is 10. The van der Waals surface area contributed by atoms with Gasteiger partial charge in [-0.25, -0.2) is 4.99 Å². The highest BCUT2D eigenvalue weighted by atomic mass is 32.2. The quantitative estimate of drug-likeness (QED) is 0.0439. The van der Waals surface area contributed by atoms with E-state index in [0.717, 1.165) is 77.4 Å². The van der Waals surface area contributed by atoms with E-state index >= 15 is 9.90 Å². The molecule has 8 aromatic rings. The number of ketones is 1. The molecule has 2 heterocycles. The van der Waals surface area contributed by atoms with Crippen molar-refractivity contribution >= 4 is 75.8 Å². The van der Waals surface area contributed by atoms with Crippen LogP contribution in [0.2, 0.25) is 0 Å². The van der Waals surface area contributed by atoms with Crippen LogP contribution in [0.1, 0.15) is 40.7 Å². The van der Waals surface area contributed by atoms with Crippen molar-refractivity contribution in [2.24, 2.45) is 4.99 Å². The number of allylic oxidation sites excluding steroid dienone is 2. The van der Waals surface area contributed by atoms with Crippen LogP contribution in [0.5, 0.6) is 11.5 Å². The van der Waals surface area contributed by atoms with Crippen molar-refractivity contribution in [3.05, 3.63) is 190 Å². The third-order valence-corrected chi connectivity index (χ3v) is 18.6. The van der Waals surface area contributed by atoms with Crippen LogP contribution in [0.3, 0.4) is 0 Å². The number of benzene rings is 8. The van der Waals surface area contributed by atoms with E-state index in [0.29, 0.717) is 94.5 Å². The Bertz CT molecular complexity index is 4470. The van der Waals surface area contributed by atoms with Crippen LogP contribution in [0.25, 0.3) is 54.9 Å². The van der Waals surface area contributed by atoms with Crippen LogP contribution in [0.15, 0.2) is 156 Å². The third kappa shape index (κ3) is 9.04. The first-order valence-corrected chi connectivity index (χ1v) is 30.7. The van der Waals surface area contributed by atoms with Gasteiger partial charge in [-0.3, -0.25) is 13.9 Å². The second-order valence-electron chi connectivity index (χ2n) is 23.4. The molecule has 16 nitrogen and oxygen atoms in total. The molecule has 0 fully saturated rings. The highest BCUT2D eigenvalue weighted by Crippen LogP contribution is 2.56. The van der Waals surface area contributed by atoms with E-state index in [1.807, 2.05) is 143 Å². The lowest BCUT2D eigenvalue weighted by Crippen LogP contribution is -2.46. The summed E-state index contributed by atoms with van der Waals surface area (Å²) < 4.78 is 78.0. The second kappa shape index (κ2) is 19.3. The zero-order chi connectivity index (χ0) is 57.1. The number of hydrogen-bond acceptors (Lipinski definition) is 12. The normalized spacial score (nSPS) is 19.0. The highest BCUT2D eigenvalue weighted by molar-refractivity contribution is 7.86. The summed E-state index contributed by atoms with van der Waals surface area (Å²) in [6, 6.07) is 47.9. The minimum Gasteiger partial charge on any atom is -0.871 e. The molecule has 5 N–H and O–H groups in total. The van der Waals surface area contributed by atoms with Gasteiger partial charge in [0.25, 0.3) is 20.2 Å². The maximum atomic E-state index is 15.3. The number of carbonyl (C=O) groups excluding carboxylic acids is 1. The number of Topliss-reactive ketones (excluding diaryl/α,β-unsaturated/α-hetero) is 1. The number of nitrogens with one attached hydrogen (secondary N) is 3. The van der Waals surface area contributed by atoms with Crippen LogP contribution in [-0.4, -0.2) is 120 Å². The summed E-state index contributed by atoms with van der Waals surface area (Å²) in [4.78, 5) is 21.0. The number of nitrogens with zero attached hydrogens (tertiary/aromatic N) is 3. The van der Waals surface area contributed by atoms with Crippen molar-refractivity contribution in [3.63, 3.8) is 0 Å². The first-order valence-electron chi connectivity index (χ1n) is 27.4. The van der Waals surface area contributed by atoms with Crippen molar-refractivity contribution in [1.29, 1.82) is 0 Å². The number of likely N-dealkylation sites (N-methyl/N-ethyl adjacent to an activating group) is 2. The fourth-order valence-electron chi connectivity index (χ4n) is 12.9. The van der Waals surface area contributed by atoms with E-state index in [1.165, 1.54) is 0 Å². The Labute approximate surface area is 475 Å². The minimum absolute atomic E-state index is 0.0613. The molecule has 5 aliphatic rings. The van der Waals surface area contributed by atoms with Gasteiger partial charge >= 0.3 is 0 Å². The standard InChI is InChI=1S/C64H60N6O10S2/c1-69(2,29-11-35-81(73,74)75)31-33-79-41-23-27-45-43-15-5-7-17-49(43)63(51(45)37-41)65-53-19-9-13-39-21-25-47(59(67-63)55(39)53)57-61(71)58(62(57)72)48-26-22-40-14-10-20-54-56(40)60(48)68-64(66-54)50-18-8-6-16-44(50)46-28-24-42(38-52(46)64)80-34-32-70(3,4)30-12-36-82(76,77)78/h5-10,13-28,37-38H,11-12,29-36H2,1-4H3,(H4-2,65,66,67,68,71,72,73,74,75,76,77,78)/p+1. The summed E-state index contributed by atoms with van der Waals surface area (Å²) in [5.74, 6) is -0.113. The summed E-state index contributed by atoms with van der Waals surface area (Å²) in [5, 5.41) is 31.4. The number of hydrogen-bond donors (Lipinski definition) is 5. The molecule has 13 rings (SSSR count). The van der Waals surface area contributed by atoms with E-state index in [1.54, 1.807) is 0 Å². The fourth-order valence-corrected chi connectivity index (χ4v) is 13.9. The van der Waals surface area contributed by atoms with Crippen LogP contribution in [0, 0.1) is 0 Å². The van der Waals surface area contributed by atoms with Crippen molar-refractivity contribution in [2.45, 2.75) is 24.2 Å². The molecule has 2 atom stereocenters. The first kappa shape index (κ1) is 53.2. The number of carbonyl (C=O) groups is 1. The Morgan fingerprint density at radius 1 is 0.537 bits per heavy atom. The molecule has 0 aromatic heterocycles. The van der Waals surface area contributed by atoms with Crippen LogP contribution < -0.4 is 41.1 Å². The van der Waals surface area contributed by atoms with E-state index in [-0.39, 0.29) is 34.2 Å². The highest BCUT2D eigenvalue weighted by Gasteiger charge is 2.49. The summed E-state index contributed by atoms with van der Waals surface area (Å²) in [6.45, 7) is 2.92. The molecule has 8 aromatic carbocycles. The Balaban J connectivity index is 0.889. The first-order chi connectivity index (χ1) is 39.1. The van der Waals surface area contributed by atoms with Crippen LogP contribution >= 0.6 is 0 Å². The lowest BCUT2D eigenvalue weighted by molar-refractivity contribution is -0.890. The number of quaternary nitrogens is 2. The molecule has 2 spiro atoms. The zero-order valence-corrected chi connectivity index (χ0v) is 47.4. The average molecular weight is 1140 g/mol. The summed E-state index contributed by atoms with van der Waals surface area (Å²) in [6.07, 6.45) is 0.625. The Hall–Kier alpha value is -8.10. The van der Waals surface area contributed by atoms with Crippen LogP contribution in [0.4, 0.5) is 17.1 Å². The monoisotopic (exact) mass is 1140 g/mol. The summed E-state index contributed by atoms with van der Waals surface area (Å²) in [7, 11) is -0.131. The maximum absolute atomic E-state index is 15.3. The van der Waals surface area contributed by atoms with Gasteiger partial charge in [0.1, 0.15) is 37.8 Å². The molecule has 0 amide bonds. The van der Waals surface area contributed by atoms with E-state index in [4.69, 9.17) is 14.5 Å². The maximum Gasteiger partial charge on any atom is 0.265 e. The molecule has 2 aliphatic heterocycles. The molecule has 0 saturated heterocycles. The topological polar surface area (TPSA) is 216 Å². The number of rotatable bonds is 17. The largest absolute Gasteiger partial charge is 0.871 e. The molecular formula is C64H61N6O10S2+. The van der Waals surface area contributed by atoms with Crippen molar-refractivity contribution in [2.75, 3.05) is 95.0 Å². The van der Waals surface area contributed by atoms with Gasteiger partial charge in [0, 0.05) is 79.2 Å². The second-order valence-corrected chi connectivity index (χ2v) is 26.5. The van der Waals surface area contributed by atoms with E-state index in [2.05, 4.69) is 46.3 Å². The van der Waals surface area contributed by atoms with Gasteiger partial charge in [-0.15, -0.1) is 0 Å². The van der Waals surface area contributed by atoms with Gasteiger partial charge in [-0.05, 0) is 69.4 Å². The molecule has 418 valence electrons. The fraction of sp³-hybridized carbons (Fsp3) is 0.250. The van der Waals surface area contributed by atoms with Crippen molar-refractivity contribution in [1.82, 2.24) is 0 Å². The smallest absolute Gasteiger partial charge is 0.265 e. The SMILES string of the molecule is C[N+](C)(CCCS(=O)(=O)O)CCOc1ccc2c(c1)C1(N=c3/c(=C4/C(=O)C(c5ccc6cccc7c6c5NC5(N7)c6ccccc6-c6ccc(OCC[N+](C)(C)CCCS(=O)(=O)O)cc65)=C4[O-])ccc4cccc(c34)N1)c1ccccc1-2. The molecular weight excluding hydrogens is 1080 g/mol. The van der Waals surface area contributed by atoms with Gasteiger partial charge in [0.15, 0.2) is 17.1 Å². The minimum atomic E-state index is -4.06. The van der Waals surface area contributed by atoms with Crippen molar-refractivity contribution < 1.29 is 54.3 Å². The zero-order valence-electron chi connectivity index (χ0n) is 45.7. The number of ether oxygens (including phenoxy) is 2. The summed E-state index contributed by atoms with van der Waals surface area (Å²) >= 11 is 0. The van der Waals surface area contributed by atoms with E-state index < -0.39 is 31.6 Å². The van der Waals surface area contributed by atoms with Gasteiger partial charge < -0.3 is 39.5 Å². The molecule has 82 heavy (non-hydrogen) atoms. The number of anilines is 3. The average Bonchev–Trinajstić information content (AvgIpc) is 3.30. The predicted molar refractivity (Wildman–Crippen MR) is 317 cm³/mol.